The Balaban J connectivity index is 1.62. The molecule has 0 amide bonds. The van der Waals surface area contributed by atoms with Gasteiger partial charge < -0.3 is 0 Å². The van der Waals surface area contributed by atoms with Gasteiger partial charge in [-0.25, -0.2) is 0 Å². The van der Waals surface area contributed by atoms with Gasteiger partial charge in [-0.05, 0) is 54.5 Å². The highest BCUT2D eigenvalue weighted by atomic mass is 32.2. The van der Waals surface area contributed by atoms with Crippen LogP contribution in [-0.2, 0) is 6.42 Å². The summed E-state index contributed by atoms with van der Waals surface area (Å²) in [4.78, 5) is 13.8. The van der Waals surface area contributed by atoms with E-state index >= 15 is 0 Å². The Morgan fingerprint density at radius 3 is 1.97 bits per heavy atom. The Bertz CT molecular complexity index is 791. The van der Waals surface area contributed by atoms with Crippen molar-refractivity contribution >= 4 is 23.6 Å². The molecule has 0 saturated carbocycles. The number of allylic oxidation sites excluding steroid dienone is 1. The molecule has 174 valence electrons. The molecule has 0 radical (unpaired) electrons. The Kier molecular flexibility index (Phi) is 13.9. The quantitative estimate of drug-likeness (QED) is 0.103. The normalized spacial score (nSPS) is 11.3. The minimum Gasteiger partial charge on any atom is -0.289 e. The van der Waals surface area contributed by atoms with Crippen LogP contribution in [-0.4, -0.2) is 12.0 Å². The van der Waals surface area contributed by atoms with Crippen LogP contribution in [0.3, 0.4) is 0 Å². The zero-order valence-electron chi connectivity index (χ0n) is 20.3. The molecular weight excluding hydrogens is 408 g/mol. The van der Waals surface area contributed by atoms with Crippen LogP contribution in [0.5, 0.6) is 0 Å². The van der Waals surface area contributed by atoms with Crippen molar-refractivity contribution in [2.24, 2.45) is 0 Å². The molecule has 2 rings (SSSR count). The van der Waals surface area contributed by atoms with Gasteiger partial charge in [-0.1, -0.05) is 114 Å². The lowest BCUT2D eigenvalue weighted by Gasteiger charge is -2.05. The van der Waals surface area contributed by atoms with Gasteiger partial charge in [-0.2, -0.15) is 0 Å². The third kappa shape index (κ3) is 11.2. The SMILES string of the molecule is CCCCCCCCCCCCCCc1cccc(C(=O)C=Cc2ccc(SC)cc2)c1. The summed E-state index contributed by atoms with van der Waals surface area (Å²) < 4.78 is 0. The van der Waals surface area contributed by atoms with Crippen molar-refractivity contribution < 1.29 is 4.79 Å². The fourth-order valence-corrected chi connectivity index (χ4v) is 4.44. The van der Waals surface area contributed by atoms with E-state index in [1.54, 1.807) is 17.8 Å². The molecule has 0 bridgehead atoms. The van der Waals surface area contributed by atoms with Gasteiger partial charge in [0.15, 0.2) is 5.78 Å². The largest absolute Gasteiger partial charge is 0.289 e. The van der Waals surface area contributed by atoms with Crippen molar-refractivity contribution in [1.82, 2.24) is 0 Å². The third-order valence-electron chi connectivity index (χ3n) is 6.07. The second kappa shape index (κ2) is 16.8. The molecule has 2 aromatic carbocycles. The molecule has 0 unspecified atom stereocenters. The molecule has 0 saturated heterocycles. The van der Waals surface area contributed by atoms with E-state index in [-0.39, 0.29) is 5.78 Å². The second-order valence-corrected chi connectivity index (χ2v) is 9.69. The van der Waals surface area contributed by atoms with Crippen LogP contribution in [0.4, 0.5) is 0 Å². The molecular formula is C30H42OS. The maximum absolute atomic E-state index is 12.6. The van der Waals surface area contributed by atoms with Crippen molar-refractivity contribution in [2.75, 3.05) is 6.26 Å². The molecule has 2 aromatic rings. The lowest BCUT2D eigenvalue weighted by atomic mass is 10.0. The van der Waals surface area contributed by atoms with Gasteiger partial charge >= 0.3 is 0 Å². The number of carbonyl (C=O) groups excluding carboxylic acids is 1. The molecule has 0 heterocycles. The molecule has 0 N–H and O–H groups in total. The van der Waals surface area contributed by atoms with E-state index in [4.69, 9.17) is 0 Å². The van der Waals surface area contributed by atoms with Crippen LogP contribution in [0.1, 0.15) is 105 Å². The Hall–Kier alpha value is -1.80. The van der Waals surface area contributed by atoms with Crippen LogP contribution in [0.15, 0.2) is 59.5 Å². The summed E-state index contributed by atoms with van der Waals surface area (Å²) in [5.74, 6) is 0.0792. The molecule has 0 atom stereocenters. The molecule has 0 aliphatic carbocycles. The first kappa shape index (κ1) is 26.5. The summed E-state index contributed by atoms with van der Waals surface area (Å²) in [7, 11) is 0. The molecule has 2 heteroatoms. The highest BCUT2D eigenvalue weighted by Crippen LogP contribution is 2.17. The molecule has 0 aliphatic heterocycles. The first-order chi connectivity index (χ1) is 15.7. The van der Waals surface area contributed by atoms with Crippen molar-refractivity contribution in [3.63, 3.8) is 0 Å². The van der Waals surface area contributed by atoms with Gasteiger partial charge in [0, 0.05) is 10.5 Å². The second-order valence-electron chi connectivity index (χ2n) is 8.81. The maximum Gasteiger partial charge on any atom is 0.185 e. The minimum absolute atomic E-state index is 0.0792. The molecule has 0 aliphatic rings. The fraction of sp³-hybridized carbons (Fsp3) is 0.500. The lowest BCUT2D eigenvalue weighted by molar-refractivity contribution is 0.104. The van der Waals surface area contributed by atoms with E-state index in [9.17, 15) is 4.79 Å². The van der Waals surface area contributed by atoms with Crippen LogP contribution >= 0.6 is 11.8 Å². The smallest absolute Gasteiger partial charge is 0.185 e. The van der Waals surface area contributed by atoms with Crippen LogP contribution < -0.4 is 0 Å². The third-order valence-corrected chi connectivity index (χ3v) is 6.82. The van der Waals surface area contributed by atoms with Gasteiger partial charge in [0.25, 0.3) is 0 Å². The monoisotopic (exact) mass is 450 g/mol. The summed E-state index contributed by atoms with van der Waals surface area (Å²) in [6.07, 6.45) is 23.2. The summed E-state index contributed by atoms with van der Waals surface area (Å²) in [5.41, 5.74) is 3.13. The topological polar surface area (TPSA) is 17.1 Å². The molecule has 1 nitrogen and oxygen atoms in total. The van der Waals surface area contributed by atoms with Gasteiger partial charge in [-0.15, -0.1) is 11.8 Å². The Labute approximate surface area is 201 Å². The number of carbonyl (C=O) groups is 1. The fourth-order valence-electron chi connectivity index (χ4n) is 4.03. The first-order valence-corrected chi connectivity index (χ1v) is 13.9. The summed E-state index contributed by atoms with van der Waals surface area (Å²) in [6, 6.07) is 16.5. The number of hydrogen-bond donors (Lipinski definition) is 0. The Morgan fingerprint density at radius 1 is 0.781 bits per heavy atom. The van der Waals surface area contributed by atoms with E-state index in [0.29, 0.717) is 0 Å². The molecule has 32 heavy (non-hydrogen) atoms. The Morgan fingerprint density at radius 2 is 1.38 bits per heavy atom. The van der Waals surface area contributed by atoms with E-state index < -0.39 is 0 Å². The number of rotatable bonds is 17. The lowest BCUT2D eigenvalue weighted by Crippen LogP contribution is -1.96. The highest BCUT2D eigenvalue weighted by molar-refractivity contribution is 7.98. The predicted molar refractivity (Wildman–Crippen MR) is 143 cm³/mol. The van der Waals surface area contributed by atoms with Crippen molar-refractivity contribution in [1.29, 1.82) is 0 Å². The van der Waals surface area contributed by atoms with Gasteiger partial charge in [0.2, 0.25) is 0 Å². The molecule has 0 spiro atoms. The summed E-state index contributed by atoms with van der Waals surface area (Å²) in [5, 5.41) is 0. The van der Waals surface area contributed by atoms with Crippen molar-refractivity contribution in [2.45, 2.75) is 95.3 Å². The number of hydrogen-bond acceptors (Lipinski definition) is 2. The summed E-state index contributed by atoms with van der Waals surface area (Å²) in [6.45, 7) is 2.28. The number of aryl methyl sites for hydroxylation is 1. The summed E-state index contributed by atoms with van der Waals surface area (Å²) >= 11 is 1.73. The standard InChI is InChI=1S/C30H42OS/c1-3-4-5-6-7-8-9-10-11-12-13-14-16-27-17-15-18-28(25-27)30(31)24-21-26-19-22-29(32-2)23-20-26/h15,17-25H,3-14,16H2,1-2H3. The van der Waals surface area contributed by atoms with Gasteiger partial charge in [-0.3, -0.25) is 4.79 Å². The van der Waals surface area contributed by atoms with Crippen molar-refractivity contribution in [3.05, 3.63) is 71.3 Å². The first-order valence-electron chi connectivity index (χ1n) is 12.7. The number of unbranched alkanes of at least 4 members (excludes halogenated alkanes) is 11. The van der Waals surface area contributed by atoms with Crippen LogP contribution in [0, 0.1) is 0 Å². The molecule has 0 aromatic heterocycles. The zero-order chi connectivity index (χ0) is 22.9. The van der Waals surface area contributed by atoms with E-state index in [1.807, 2.05) is 18.2 Å². The van der Waals surface area contributed by atoms with Crippen LogP contribution in [0.25, 0.3) is 6.08 Å². The van der Waals surface area contributed by atoms with E-state index in [2.05, 4.69) is 49.6 Å². The van der Waals surface area contributed by atoms with Crippen molar-refractivity contribution in [3.8, 4) is 0 Å². The van der Waals surface area contributed by atoms with Crippen LogP contribution in [0.2, 0.25) is 0 Å². The zero-order valence-corrected chi connectivity index (χ0v) is 21.1. The minimum atomic E-state index is 0.0792. The maximum atomic E-state index is 12.6. The average Bonchev–Trinajstić information content (AvgIpc) is 2.83. The van der Waals surface area contributed by atoms with Gasteiger partial charge in [0.1, 0.15) is 0 Å². The van der Waals surface area contributed by atoms with Gasteiger partial charge in [0.05, 0.1) is 0 Å². The van der Waals surface area contributed by atoms with E-state index in [1.165, 1.54) is 87.5 Å². The number of thioether (sulfide) groups is 1. The average molecular weight is 451 g/mol. The number of ketones is 1. The van der Waals surface area contributed by atoms with E-state index in [0.717, 1.165) is 17.5 Å². The number of benzene rings is 2. The highest BCUT2D eigenvalue weighted by Gasteiger charge is 2.03. The predicted octanol–water partition coefficient (Wildman–Crippen LogP) is 9.55. The molecule has 0 fully saturated rings.